The first-order chi connectivity index (χ1) is 9.11. The second-order valence-electron chi connectivity index (χ2n) is 4.64. The first-order valence-corrected chi connectivity index (χ1v) is 6.24. The third kappa shape index (κ3) is 4.68. The Morgan fingerprint density at radius 3 is 2.60 bits per heavy atom. The maximum atomic E-state index is 12.2. The number of aromatic nitrogens is 2. The fourth-order valence-electron chi connectivity index (χ4n) is 1.32. The van der Waals surface area contributed by atoms with E-state index in [0.29, 0.717) is 0 Å². The number of alkyl halides is 3. The van der Waals surface area contributed by atoms with Gasteiger partial charge in [0.05, 0.1) is 18.0 Å². The van der Waals surface area contributed by atoms with Crippen molar-refractivity contribution in [2.45, 2.75) is 32.7 Å². The van der Waals surface area contributed by atoms with E-state index >= 15 is 0 Å². The Kier molecular flexibility index (Phi) is 5.41. The average Bonchev–Trinajstić information content (AvgIpc) is 2.32. The molecule has 0 aliphatic heterocycles. The molecule has 0 aliphatic rings. The number of hydrogen-bond donors (Lipinski definition) is 2. The topological polar surface area (TPSA) is 67.2 Å². The fraction of sp³-hybridized carbons (Fsp3) is 0.636. The molecular formula is C11H15ClF3N3O2. The standard InChI is InChI=1S/C11H15ClF3N3O2/c1-6(2)8(19)4-16-7-3-17-18(5-11(13,14)15)10(20)9(7)12/h3,6,8,16,19H,4-5H2,1-2H3. The van der Waals surface area contributed by atoms with Gasteiger partial charge in [-0.1, -0.05) is 25.4 Å². The molecule has 0 spiro atoms. The van der Waals surface area contributed by atoms with Crippen LogP contribution >= 0.6 is 11.6 Å². The Morgan fingerprint density at radius 1 is 1.50 bits per heavy atom. The minimum atomic E-state index is -4.55. The summed E-state index contributed by atoms with van der Waals surface area (Å²) in [6.07, 6.45) is -4.20. The van der Waals surface area contributed by atoms with Gasteiger partial charge in [-0.3, -0.25) is 4.79 Å². The summed E-state index contributed by atoms with van der Waals surface area (Å²) in [5.74, 6) is -0.0140. The van der Waals surface area contributed by atoms with Gasteiger partial charge in [0.15, 0.2) is 0 Å². The summed E-state index contributed by atoms with van der Waals surface area (Å²) in [4.78, 5) is 11.6. The van der Waals surface area contributed by atoms with Crippen molar-refractivity contribution >= 4 is 17.3 Å². The molecule has 1 rings (SSSR count). The summed E-state index contributed by atoms with van der Waals surface area (Å²) >= 11 is 5.71. The van der Waals surface area contributed by atoms with E-state index in [2.05, 4.69) is 10.4 Å². The molecule has 0 aromatic carbocycles. The SMILES string of the molecule is CC(C)C(O)CNc1cnn(CC(F)(F)F)c(=O)c1Cl. The highest BCUT2D eigenvalue weighted by Crippen LogP contribution is 2.19. The maximum absolute atomic E-state index is 12.2. The summed E-state index contributed by atoms with van der Waals surface area (Å²) in [7, 11) is 0. The van der Waals surface area contributed by atoms with Crippen LogP contribution in [0.15, 0.2) is 11.0 Å². The lowest BCUT2D eigenvalue weighted by Gasteiger charge is -2.16. The molecule has 114 valence electrons. The van der Waals surface area contributed by atoms with Crippen LogP contribution < -0.4 is 10.9 Å². The second-order valence-corrected chi connectivity index (χ2v) is 5.02. The fourth-order valence-corrected chi connectivity index (χ4v) is 1.53. The Hall–Kier alpha value is -1.28. The molecule has 20 heavy (non-hydrogen) atoms. The van der Waals surface area contributed by atoms with Gasteiger partial charge in [-0.25, -0.2) is 4.68 Å². The number of aliphatic hydroxyl groups is 1. The van der Waals surface area contributed by atoms with Crippen molar-refractivity contribution in [3.05, 3.63) is 21.6 Å². The Morgan fingerprint density at radius 2 is 2.10 bits per heavy atom. The van der Waals surface area contributed by atoms with E-state index < -0.39 is 24.4 Å². The van der Waals surface area contributed by atoms with Gasteiger partial charge >= 0.3 is 6.18 Å². The van der Waals surface area contributed by atoms with Crippen LogP contribution in [-0.4, -0.2) is 33.7 Å². The van der Waals surface area contributed by atoms with Crippen LogP contribution in [0.4, 0.5) is 18.9 Å². The molecule has 1 atom stereocenters. The van der Waals surface area contributed by atoms with Crippen LogP contribution in [0.5, 0.6) is 0 Å². The summed E-state index contributed by atoms with van der Waals surface area (Å²) in [6, 6.07) is 0. The predicted octanol–water partition coefficient (Wildman–Crippen LogP) is 1.89. The smallest absolute Gasteiger partial charge is 0.391 e. The molecule has 0 saturated carbocycles. The van der Waals surface area contributed by atoms with Crippen molar-refractivity contribution in [1.29, 1.82) is 0 Å². The molecule has 0 radical (unpaired) electrons. The Balaban J connectivity index is 2.87. The molecule has 0 saturated heterocycles. The highest BCUT2D eigenvalue weighted by atomic mass is 35.5. The number of rotatable bonds is 5. The van der Waals surface area contributed by atoms with E-state index in [0.717, 1.165) is 6.20 Å². The third-order valence-corrected chi connectivity index (χ3v) is 2.95. The van der Waals surface area contributed by atoms with Crippen LogP contribution in [0.25, 0.3) is 0 Å². The van der Waals surface area contributed by atoms with Gasteiger partial charge in [-0.05, 0) is 5.92 Å². The lowest BCUT2D eigenvalue weighted by molar-refractivity contribution is -0.143. The largest absolute Gasteiger partial charge is 0.408 e. The molecule has 0 fully saturated rings. The highest BCUT2D eigenvalue weighted by Gasteiger charge is 2.29. The highest BCUT2D eigenvalue weighted by molar-refractivity contribution is 6.32. The molecule has 1 heterocycles. The van der Waals surface area contributed by atoms with E-state index in [1.807, 2.05) is 0 Å². The first kappa shape index (κ1) is 16.8. The van der Waals surface area contributed by atoms with Gasteiger partial charge in [0.2, 0.25) is 0 Å². The van der Waals surface area contributed by atoms with E-state index in [1.54, 1.807) is 13.8 Å². The monoisotopic (exact) mass is 313 g/mol. The Bertz CT molecular complexity index is 517. The van der Waals surface area contributed by atoms with Gasteiger partial charge in [-0.15, -0.1) is 0 Å². The van der Waals surface area contributed by atoms with Crippen molar-refractivity contribution < 1.29 is 18.3 Å². The molecule has 0 amide bonds. The van der Waals surface area contributed by atoms with Crippen molar-refractivity contribution in [3.63, 3.8) is 0 Å². The zero-order valence-electron chi connectivity index (χ0n) is 10.9. The van der Waals surface area contributed by atoms with Crippen molar-refractivity contribution in [2.75, 3.05) is 11.9 Å². The van der Waals surface area contributed by atoms with E-state index in [-0.39, 0.29) is 27.9 Å². The third-order valence-electron chi connectivity index (χ3n) is 2.59. The summed E-state index contributed by atoms with van der Waals surface area (Å²) in [6.45, 7) is 2.21. The van der Waals surface area contributed by atoms with Gasteiger partial charge in [0.1, 0.15) is 11.6 Å². The predicted molar refractivity (Wildman–Crippen MR) is 68.9 cm³/mol. The van der Waals surface area contributed by atoms with Gasteiger partial charge in [0, 0.05) is 6.54 Å². The summed E-state index contributed by atoms with van der Waals surface area (Å²) < 4.78 is 36.9. The summed E-state index contributed by atoms with van der Waals surface area (Å²) in [5, 5.41) is 15.3. The molecule has 1 aromatic rings. The number of nitrogens with one attached hydrogen (secondary N) is 1. The van der Waals surface area contributed by atoms with Crippen LogP contribution in [0, 0.1) is 5.92 Å². The van der Waals surface area contributed by atoms with E-state index in [4.69, 9.17) is 11.6 Å². The number of anilines is 1. The molecule has 1 aromatic heterocycles. The van der Waals surface area contributed by atoms with Crippen molar-refractivity contribution in [2.24, 2.45) is 5.92 Å². The minimum absolute atomic E-state index is 0.0140. The molecule has 1 unspecified atom stereocenters. The average molecular weight is 314 g/mol. The minimum Gasteiger partial charge on any atom is -0.391 e. The first-order valence-electron chi connectivity index (χ1n) is 5.86. The van der Waals surface area contributed by atoms with Gasteiger partial charge in [-0.2, -0.15) is 18.3 Å². The Labute approximate surface area is 118 Å². The quantitative estimate of drug-likeness (QED) is 0.871. The lowest BCUT2D eigenvalue weighted by atomic mass is 10.1. The zero-order valence-corrected chi connectivity index (χ0v) is 11.7. The number of aliphatic hydroxyl groups excluding tert-OH is 1. The number of hydrogen-bond acceptors (Lipinski definition) is 4. The van der Waals surface area contributed by atoms with Crippen LogP contribution in [0.2, 0.25) is 5.02 Å². The second kappa shape index (κ2) is 6.45. The van der Waals surface area contributed by atoms with Crippen molar-refractivity contribution in [3.8, 4) is 0 Å². The van der Waals surface area contributed by atoms with Crippen molar-refractivity contribution in [1.82, 2.24) is 9.78 Å². The van der Waals surface area contributed by atoms with Gasteiger partial charge in [0.25, 0.3) is 5.56 Å². The van der Waals surface area contributed by atoms with Crippen LogP contribution in [-0.2, 0) is 6.54 Å². The molecule has 9 heteroatoms. The zero-order chi connectivity index (χ0) is 15.5. The van der Waals surface area contributed by atoms with E-state index in [9.17, 15) is 23.1 Å². The maximum Gasteiger partial charge on any atom is 0.408 e. The van der Waals surface area contributed by atoms with Crippen LogP contribution in [0.1, 0.15) is 13.8 Å². The molecule has 0 aliphatic carbocycles. The van der Waals surface area contributed by atoms with E-state index in [1.165, 1.54) is 0 Å². The van der Waals surface area contributed by atoms with Crippen LogP contribution in [0.3, 0.4) is 0 Å². The number of nitrogens with zero attached hydrogens (tertiary/aromatic N) is 2. The molecule has 2 N–H and O–H groups in total. The number of halogens is 4. The van der Waals surface area contributed by atoms with Gasteiger partial charge < -0.3 is 10.4 Å². The molecular weight excluding hydrogens is 299 g/mol. The molecule has 5 nitrogen and oxygen atoms in total. The molecule has 0 bridgehead atoms. The summed E-state index contributed by atoms with van der Waals surface area (Å²) in [5.41, 5.74) is -0.942. The lowest BCUT2D eigenvalue weighted by Crippen LogP contribution is -2.31. The normalized spacial score (nSPS) is 13.6.